The Kier molecular flexibility index (Phi) is 8.51. The van der Waals surface area contributed by atoms with Gasteiger partial charge >= 0.3 is 0 Å². The Morgan fingerprint density at radius 2 is 1.67 bits per heavy atom. The molecule has 3 aromatic rings. The number of ether oxygens (including phenoxy) is 1. The van der Waals surface area contributed by atoms with Gasteiger partial charge in [-0.3, -0.25) is 9.59 Å². The van der Waals surface area contributed by atoms with Crippen molar-refractivity contribution in [2.24, 2.45) is 0 Å². The molecule has 3 aliphatic heterocycles. The Bertz CT molecular complexity index is 1440. The van der Waals surface area contributed by atoms with Crippen molar-refractivity contribution in [3.05, 3.63) is 83.0 Å². The number of likely N-dealkylation sites (N-methyl/N-ethyl adjacent to an activating group) is 1. The highest BCUT2D eigenvalue weighted by molar-refractivity contribution is 5.96. The molecule has 3 saturated heterocycles. The fourth-order valence-electron chi connectivity index (χ4n) is 6.98. The summed E-state index contributed by atoms with van der Waals surface area (Å²) < 4.78 is 5.40. The molecule has 3 fully saturated rings. The molecule has 0 aliphatic carbocycles. The summed E-state index contributed by atoms with van der Waals surface area (Å²) in [5.74, 6) is 1.46. The topological polar surface area (TPSA) is 90.0 Å². The number of nitrogens with one attached hydrogen (secondary N) is 2. The average Bonchev–Trinajstić information content (AvgIpc) is 3.30. The van der Waals surface area contributed by atoms with Crippen LogP contribution >= 0.6 is 0 Å². The molecule has 2 atom stereocenters. The van der Waals surface area contributed by atoms with Gasteiger partial charge in [0.2, 0.25) is 0 Å². The van der Waals surface area contributed by atoms with E-state index in [1.807, 2.05) is 43.3 Å². The molecule has 2 amide bonds. The summed E-state index contributed by atoms with van der Waals surface area (Å²) in [6.07, 6.45) is 5.59. The molecule has 0 spiro atoms. The maximum atomic E-state index is 13.1. The Morgan fingerprint density at radius 3 is 2.37 bits per heavy atom. The van der Waals surface area contributed by atoms with Gasteiger partial charge in [-0.15, -0.1) is 0 Å². The minimum absolute atomic E-state index is 0.0473. The van der Waals surface area contributed by atoms with Gasteiger partial charge in [0.1, 0.15) is 11.6 Å². The van der Waals surface area contributed by atoms with Gasteiger partial charge in [-0.25, -0.2) is 4.98 Å². The van der Waals surface area contributed by atoms with E-state index in [-0.39, 0.29) is 17.9 Å². The minimum Gasteiger partial charge on any atom is -0.496 e. The molecule has 3 aliphatic rings. The smallest absolute Gasteiger partial charge is 0.253 e. The molecule has 2 unspecified atom stereocenters. The standard InChI is InChI=1S/C34H42N6O3/c1-23-29(8-6-10-31(23)43-3)34(42)37-26-19-27-12-13-28(20-26)40(27)32-14-11-25(22-35-32)33(41)36-21-24-7-4-5-9-30(24)39-17-15-38(2)16-18-39/h4-11,14,22,26-28H,12-13,15-21H2,1-3H3,(H,36,41)(H,37,42). The van der Waals surface area contributed by atoms with Crippen molar-refractivity contribution in [2.45, 2.75) is 57.3 Å². The number of piperazine rings is 1. The van der Waals surface area contributed by atoms with Gasteiger partial charge in [-0.1, -0.05) is 24.3 Å². The van der Waals surface area contributed by atoms with Crippen molar-refractivity contribution >= 4 is 23.3 Å². The van der Waals surface area contributed by atoms with Crippen LogP contribution < -0.4 is 25.2 Å². The van der Waals surface area contributed by atoms with Crippen molar-refractivity contribution in [1.29, 1.82) is 0 Å². The Labute approximate surface area is 254 Å². The van der Waals surface area contributed by atoms with E-state index in [9.17, 15) is 9.59 Å². The number of aromatic nitrogens is 1. The second-order valence-corrected chi connectivity index (χ2v) is 12.1. The van der Waals surface area contributed by atoms with E-state index in [0.717, 1.165) is 74.6 Å². The van der Waals surface area contributed by atoms with E-state index < -0.39 is 0 Å². The molecule has 2 aromatic carbocycles. The van der Waals surface area contributed by atoms with Crippen LogP contribution in [0.15, 0.2) is 60.8 Å². The lowest BCUT2D eigenvalue weighted by Gasteiger charge is -2.40. The SMILES string of the molecule is COc1cccc(C(=O)NC2CC3CCC(C2)N3c2ccc(C(=O)NCc3ccccc3N3CCN(C)CC3)cn2)c1C. The normalized spacial score (nSPS) is 21.9. The second kappa shape index (κ2) is 12.6. The van der Waals surface area contributed by atoms with Crippen LogP contribution in [-0.2, 0) is 6.54 Å². The monoisotopic (exact) mass is 582 g/mol. The zero-order chi connectivity index (χ0) is 29.9. The third-order valence-electron chi connectivity index (χ3n) is 9.37. The summed E-state index contributed by atoms with van der Waals surface area (Å²) in [7, 11) is 3.78. The largest absolute Gasteiger partial charge is 0.496 e. The van der Waals surface area contributed by atoms with Crippen LogP contribution in [0.5, 0.6) is 5.75 Å². The van der Waals surface area contributed by atoms with Gasteiger partial charge in [0, 0.05) is 73.9 Å². The third kappa shape index (κ3) is 6.18. The van der Waals surface area contributed by atoms with Gasteiger partial charge in [0.25, 0.3) is 11.8 Å². The van der Waals surface area contributed by atoms with Crippen molar-refractivity contribution in [2.75, 3.05) is 50.1 Å². The Hall–Kier alpha value is -4.11. The number of piperidine rings is 1. The molecular weight excluding hydrogens is 540 g/mol. The molecule has 2 N–H and O–H groups in total. The maximum absolute atomic E-state index is 13.1. The van der Waals surface area contributed by atoms with Crippen LogP contribution in [0.4, 0.5) is 11.5 Å². The molecule has 9 heteroatoms. The lowest BCUT2D eigenvalue weighted by Crippen LogP contribution is -2.50. The summed E-state index contributed by atoms with van der Waals surface area (Å²) in [4.78, 5) is 38.1. The fourth-order valence-corrected chi connectivity index (χ4v) is 6.98. The fraction of sp³-hybridized carbons (Fsp3) is 0.441. The number of hydrogen-bond donors (Lipinski definition) is 2. The first kappa shape index (κ1) is 29.0. The molecule has 226 valence electrons. The highest BCUT2D eigenvalue weighted by atomic mass is 16.5. The number of carbonyl (C=O) groups excluding carboxylic acids is 2. The molecule has 43 heavy (non-hydrogen) atoms. The van der Waals surface area contributed by atoms with Gasteiger partial charge in [-0.05, 0) is 75.5 Å². The number of nitrogens with zero attached hydrogens (tertiary/aromatic N) is 4. The van der Waals surface area contributed by atoms with Gasteiger partial charge in [0.05, 0.1) is 12.7 Å². The van der Waals surface area contributed by atoms with E-state index in [1.54, 1.807) is 13.3 Å². The van der Waals surface area contributed by atoms with E-state index >= 15 is 0 Å². The van der Waals surface area contributed by atoms with Crippen molar-refractivity contribution in [3.63, 3.8) is 0 Å². The number of anilines is 2. The van der Waals surface area contributed by atoms with Crippen LogP contribution in [0.3, 0.4) is 0 Å². The van der Waals surface area contributed by atoms with Crippen LogP contribution in [0.25, 0.3) is 0 Å². The van der Waals surface area contributed by atoms with Gasteiger partial charge < -0.3 is 30.1 Å². The predicted molar refractivity (Wildman–Crippen MR) is 169 cm³/mol. The Morgan fingerprint density at radius 1 is 0.930 bits per heavy atom. The molecule has 2 bridgehead atoms. The van der Waals surface area contributed by atoms with Crippen LogP contribution in [0.1, 0.15) is 57.5 Å². The minimum atomic E-state index is -0.121. The number of amides is 2. The molecule has 4 heterocycles. The number of hydrogen-bond acceptors (Lipinski definition) is 7. The number of pyridine rings is 1. The molecule has 1 aromatic heterocycles. The highest BCUT2D eigenvalue weighted by Crippen LogP contribution is 2.38. The second-order valence-electron chi connectivity index (χ2n) is 12.1. The molecule has 0 radical (unpaired) electrons. The van der Waals surface area contributed by atoms with Crippen LogP contribution in [0.2, 0.25) is 0 Å². The van der Waals surface area contributed by atoms with E-state index in [0.29, 0.717) is 29.8 Å². The van der Waals surface area contributed by atoms with Crippen molar-refractivity contribution in [3.8, 4) is 5.75 Å². The quantitative estimate of drug-likeness (QED) is 0.415. The van der Waals surface area contributed by atoms with Crippen LogP contribution in [0, 0.1) is 6.92 Å². The first-order chi connectivity index (χ1) is 20.9. The van der Waals surface area contributed by atoms with Crippen LogP contribution in [-0.4, -0.2) is 80.2 Å². The summed E-state index contributed by atoms with van der Waals surface area (Å²) in [6, 6.07) is 18.5. The molecular formula is C34H42N6O3. The summed E-state index contributed by atoms with van der Waals surface area (Å²) in [5.41, 5.74) is 4.39. The van der Waals surface area contributed by atoms with Gasteiger partial charge in [-0.2, -0.15) is 0 Å². The first-order valence-electron chi connectivity index (χ1n) is 15.4. The van der Waals surface area contributed by atoms with E-state index in [4.69, 9.17) is 9.72 Å². The zero-order valence-corrected chi connectivity index (χ0v) is 25.4. The zero-order valence-electron chi connectivity index (χ0n) is 25.4. The maximum Gasteiger partial charge on any atom is 0.253 e. The number of para-hydroxylation sites is 1. The Balaban J connectivity index is 1.05. The summed E-state index contributed by atoms with van der Waals surface area (Å²) >= 11 is 0. The van der Waals surface area contributed by atoms with Crippen molar-refractivity contribution < 1.29 is 14.3 Å². The molecule has 6 rings (SSSR count). The summed E-state index contributed by atoms with van der Waals surface area (Å²) in [5, 5.41) is 6.38. The number of rotatable bonds is 8. The number of fused-ring (bicyclic) bond motifs is 2. The van der Waals surface area contributed by atoms with E-state index in [2.05, 4.69) is 50.6 Å². The highest BCUT2D eigenvalue weighted by Gasteiger charge is 2.42. The van der Waals surface area contributed by atoms with Crippen molar-refractivity contribution in [1.82, 2.24) is 20.5 Å². The van der Waals surface area contributed by atoms with Gasteiger partial charge in [0.15, 0.2) is 0 Å². The lowest BCUT2D eigenvalue weighted by atomic mass is 9.96. The number of benzene rings is 2. The van der Waals surface area contributed by atoms with E-state index in [1.165, 1.54) is 5.69 Å². The lowest BCUT2D eigenvalue weighted by molar-refractivity contribution is 0.0923. The third-order valence-corrected chi connectivity index (χ3v) is 9.37. The number of carbonyl (C=O) groups is 2. The molecule has 0 saturated carbocycles. The first-order valence-corrected chi connectivity index (χ1v) is 15.4. The number of methoxy groups -OCH3 is 1. The predicted octanol–water partition coefficient (Wildman–Crippen LogP) is 4.01. The molecule has 9 nitrogen and oxygen atoms in total. The average molecular weight is 583 g/mol. The summed E-state index contributed by atoms with van der Waals surface area (Å²) in [6.45, 7) is 6.44.